The van der Waals surface area contributed by atoms with Crippen LogP contribution in [0.5, 0.6) is 0 Å². The van der Waals surface area contributed by atoms with Crippen LogP contribution in [0.2, 0.25) is 5.31 Å². The molecule has 0 saturated carbocycles. The largest absolute Gasteiger partial charge is 0.313 e. The summed E-state index contributed by atoms with van der Waals surface area (Å²) < 4.78 is 0. The first kappa shape index (κ1) is 14.0. The fourth-order valence-corrected chi connectivity index (χ4v) is 0.923. The third-order valence-electron chi connectivity index (χ3n) is 3.30. The average molecular weight is 195 g/mol. The molecular formula is C12H26BN. The van der Waals surface area contributed by atoms with Crippen LogP contribution in [0.25, 0.3) is 0 Å². The van der Waals surface area contributed by atoms with Crippen LogP contribution in [0.1, 0.15) is 48.5 Å². The number of hydrogen-bond donors (Lipinski definition) is 1. The quantitative estimate of drug-likeness (QED) is 0.680. The van der Waals surface area contributed by atoms with E-state index in [1.807, 2.05) is 0 Å². The molecule has 0 aliphatic carbocycles. The topological polar surface area (TPSA) is 12.0 Å². The van der Waals surface area contributed by atoms with E-state index in [1.165, 1.54) is 0 Å². The summed E-state index contributed by atoms with van der Waals surface area (Å²) in [5.41, 5.74) is 0.318. The minimum atomic E-state index is -0.0927. The van der Waals surface area contributed by atoms with Crippen molar-refractivity contribution in [2.24, 2.45) is 11.3 Å². The van der Waals surface area contributed by atoms with Gasteiger partial charge in [0.15, 0.2) is 0 Å². The molecule has 2 radical (unpaired) electrons. The van der Waals surface area contributed by atoms with Crippen LogP contribution in [0.15, 0.2) is 0 Å². The van der Waals surface area contributed by atoms with Gasteiger partial charge in [0, 0.05) is 6.04 Å². The average Bonchev–Trinajstić information content (AvgIpc) is 1.95. The Morgan fingerprint density at radius 2 is 1.50 bits per heavy atom. The second-order valence-electron chi connectivity index (χ2n) is 6.22. The Labute approximate surface area is 91.5 Å². The highest BCUT2D eigenvalue weighted by Crippen LogP contribution is 2.29. The van der Waals surface area contributed by atoms with E-state index in [-0.39, 0.29) is 5.31 Å². The van der Waals surface area contributed by atoms with Gasteiger partial charge in [-0.25, -0.2) is 0 Å². The Bertz CT molecular complexity index is 144. The van der Waals surface area contributed by atoms with Crippen LogP contribution in [0, 0.1) is 11.3 Å². The van der Waals surface area contributed by atoms with Gasteiger partial charge < -0.3 is 5.32 Å². The van der Waals surface area contributed by atoms with Crippen molar-refractivity contribution in [3.63, 3.8) is 0 Å². The maximum atomic E-state index is 6.03. The van der Waals surface area contributed by atoms with E-state index >= 15 is 0 Å². The van der Waals surface area contributed by atoms with Crippen molar-refractivity contribution >= 4 is 7.85 Å². The third-order valence-corrected chi connectivity index (χ3v) is 3.30. The van der Waals surface area contributed by atoms with Crippen LogP contribution >= 0.6 is 0 Å². The first-order valence-corrected chi connectivity index (χ1v) is 5.57. The van der Waals surface area contributed by atoms with Crippen molar-refractivity contribution in [1.82, 2.24) is 5.32 Å². The van der Waals surface area contributed by atoms with E-state index in [0.29, 0.717) is 17.4 Å². The Hall–Kier alpha value is 0.0249. The molecule has 0 spiro atoms. The Balaban J connectivity index is 3.96. The zero-order valence-electron chi connectivity index (χ0n) is 10.9. The lowest BCUT2D eigenvalue weighted by molar-refractivity contribution is 0.265. The lowest BCUT2D eigenvalue weighted by Crippen LogP contribution is -2.41. The van der Waals surface area contributed by atoms with E-state index in [9.17, 15) is 0 Å². The summed E-state index contributed by atoms with van der Waals surface area (Å²) >= 11 is 0. The molecule has 0 heterocycles. The van der Waals surface area contributed by atoms with Gasteiger partial charge in [-0.15, -0.1) is 0 Å². The highest BCUT2D eigenvalue weighted by molar-refractivity contribution is 6.14. The summed E-state index contributed by atoms with van der Waals surface area (Å²) in [5.74, 6) is 0.493. The van der Waals surface area contributed by atoms with Gasteiger partial charge in [0.1, 0.15) is 0 Å². The summed E-state index contributed by atoms with van der Waals surface area (Å²) in [4.78, 5) is 0. The monoisotopic (exact) mass is 195 g/mol. The van der Waals surface area contributed by atoms with Crippen molar-refractivity contribution in [1.29, 1.82) is 0 Å². The van der Waals surface area contributed by atoms with E-state index in [0.717, 1.165) is 6.54 Å². The highest BCUT2D eigenvalue weighted by Gasteiger charge is 2.23. The second kappa shape index (κ2) is 4.70. The normalized spacial score (nSPS) is 17.9. The highest BCUT2D eigenvalue weighted by atomic mass is 14.9. The van der Waals surface area contributed by atoms with E-state index < -0.39 is 0 Å². The molecule has 0 aromatic heterocycles. The summed E-state index contributed by atoms with van der Waals surface area (Å²) in [7, 11) is 6.03. The van der Waals surface area contributed by atoms with Crippen molar-refractivity contribution in [3.05, 3.63) is 0 Å². The van der Waals surface area contributed by atoms with Crippen molar-refractivity contribution in [2.75, 3.05) is 6.54 Å². The van der Waals surface area contributed by atoms with Gasteiger partial charge in [-0.2, -0.15) is 0 Å². The fraction of sp³-hybridized carbons (Fsp3) is 1.00. The van der Waals surface area contributed by atoms with Crippen LogP contribution < -0.4 is 5.32 Å². The molecule has 2 atom stereocenters. The van der Waals surface area contributed by atoms with Crippen LogP contribution in [0.4, 0.5) is 0 Å². The molecule has 0 aliphatic heterocycles. The zero-order valence-corrected chi connectivity index (χ0v) is 10.9. The zero-order chi connectivity index (χ0) is 11.6. The lowest BCUT2D eigenvalue weighted by Gasteiger charge is -2.33. The molecule has 0 aromatic rings. The first-order chi connectivity index (χ1) is 6.05. The molecule has 0 amide bonds. The van der Waals surface area contributed by atoms with Crippen LogP contribution in [-0.4, -0.2) is 20.4 Å². The summed E-state index contributed by atoms with van der Waals surface area (Å²) in [6.45, 7) is 16.3. The molecule has 1 N–H and O–H groups in total. The maximum Gasteiger partial charge on any atom is 0.0743 e. The minimum Gasteiger partial charge on any atom is -0.313 e. The predicted molar refractivity (Wildman–Crippen MR) is 65.9 cm³/mol. The predicted octanol–water partition coefficient (Wildman–Crippen LogP) is 3.01. The van der Waals surface area contributed by atoms with E-state index in [4.69, 9.17) is 7.85 Å². The molecule has 0 aromatic carbocycles. The SMILES string of the molecule is [B]C(C)(C)C(C)CNC(C)C(C)(C)C. The van der Waals surface area contributed by atoms with Crippen LogP contribution in [0.3, 0.4) is 0 Å². The molecule has 1 nitrogen and oxygen atoms in total. The molecule has 0 bridgehead atoms. The maximum absolute atomic E-state index is 6.03. The summed E-state index contributed by atoms with van der Waals surface area (Å²) in [6.07, 6.45) is 0. The number of nitrogens with one attached hydrogen (secondary N) is 1. The third kappa shape index (κ3) is 5.04. The molecule has 14 heavy (non-hydrogen) atoms. The van der Waals surface area contributed by atoms with Gasteiger partial charge in [0.05, 0.1) is 7.85 Å². The Morgan fingerprint density at radius 1 is 1.07 bits per heavy atom. The molecule has 82 valence electrons. The minimum absolute atomic E-state index is 0.0927. The molecule has 2 unspecified atom stereocenters. The van der Waals surface area contributed by atoms with Gasteiger partial charge in [-0.3, -0.25) is 0 Å². The van der Waals surface area contributed by atoms with Crippen molar-refractivity contribution in [3.8, 4) is 0 Å². The van der Waals surface area contributed by atoms with Gasteiger partial charge in [0.2, 0.25) is 0 Å². The van der Waals surface area contributed by atoms with Gasteiger partial charge in [-0.1, -0.05) is 46.9 Å². The summed E-state index contributed by atoms with van der Waals surface area (Å²) in [6, 6.07) is 0.521. The van der Waals surface area contributed by atoms with Crippen LogP contribution in [-0.2, 0) is 0 Å². The van der Waals surface area contributed by atoms with Crippen molar-refractivity contribution < 1.29 is 0 Å². The van der Waals surface area contributed by atoms with Gasteiger partial charge in [0.25, 0.3) is 0 Å². The lowest BCUT2D eigenvalue weighted by atomic mass is 9.64. The van der Waals surface area contributed by atoms with Crippen molar-refractivity contribution in [2.45, 2.75) is 59.8 Å². The Morgan fingerprint density at radius 3 is 1.79 bits per heavy atom. The molecule has 0 saturated heterocycles. The number of hydrogen-bond acceptors (Lipinski definition) is 1. The van der Waals surface area contributed by atoms with E-state index in [2.05, 4.69) is 53.8 Å². The second-order valence-corrected chi connectivity index (χ2v) is 6.22. The molecule has 0 fully saturated rings. The Kier molecular flexibility index (Phi) is 4.71. The van der Waals surface area contributed by atoms with E-state index in [1.54, 1.807) is 0 Å². The first-order valence-electron chi connectivity index (χ1n) is 5.57. The molecule has 2 heteroatoms. The number of rotatable bonds is 4. The van der Waals surface area contributed by atoms with Gasteiger partial charge >= 0.3 is 0 Å². The molecular weight excluding hydrogens is 169 g/mol. The van der Waals surface area contributed by atoms with Gasteiger partial charge in [-0.05, 0) is 24.8 Å². The molecule has 0 rings (SSSR count). The smallest absolute Gasteiger partial charge is 0.0743 e. The molecule has 0 aliphatic rings. The summed E-state index contributed by atoms with van der Waals surface area (Å²) in [5, 5.41) is 3.46. The fourth-order valence-electron chi connectivity index (χ4n) is 0.923. The standard InChI is InChI=1S/C12H26BN/c1-9(12(6,7)13)8-14-10(2)11(3,4)5/h9-10,14H,8H2,1-7H3.